The Labute approximate surface area is 195 Å². The first-order chi connectivity index (χ1) is 15.6. The van der Waals surface area contributed by atoms with E-state index < -0.39 is 18.0 Å². The Morgan fingerprint density at radius 2 is 1.97 bits per heavy atom. The van der Waals surface area contributed by atoms with E-state index in [1.54, 1.807) is 0 Å². The van der Waals surface area contributed by atoms with Crippen molar-refractivity contribution in [2.75, 3.05) is 13.2 Å². The van der Waals surface area contributed by atoms with Gasteiger partial charge >= 0.3 is 5.97 Å². The summed E-state index contributed by atoms with van der Waals surface area (Å²) in [6.07, 6.45) is -0.322. The molecular formula is C27H35NO5. The fourth-order valence-corrected chi connectivity index (χ4v) is 4.87. The van der Waals surface area contributed by atoms with Gasteiger partial charge in [-0.15, -0.1) is 0 Å². The molecule has 33 heavy (non-hydrogen) atoms. The first-order valence-corrected chi connectivity index (χ1v) is 11.7. The fraction of sp³-hybridized carbons (Fsp3) is 0.519. The third-order valence-corrected chi connectivity index (χ3v) is 6.95. The van der Waals surface area contributed by atoms with Crippen LogP contribution in [0.15, 0.2) is 36.4 Å². The summed E-state index contributed by atoms with van der Waals surface area (Å²) in [6.45, 7) is 11.1. The molecule has 0 radical (unpaired) electrons. The van der Waals surface area contributed by atoms with Crippen LogP contribution in [-0.4, -0.2) is 47.1 Å². The molecule has 1 aliphatic heterocycles. The summed E-state index contributed by atoms with van der Waals surface area (Å²) in [5.74, 6) is -0.632. The van der Waals surface area contributed by atoms with Gasteiger partial charge < -0.3 is 25.0 Å². The number of carboxylic acids is 1. The van der Waals surface area contributed by atoms with Crippen molar-refractivity contribution in [3.8, 4) is 5.75 Å². The summed E-state index contributed by atoms with van der Waals surface area (Å²) in [7, 11) is 0. The number of aliphatic hydroxyl groups is 1. The van der Waals surface area contributed by atoms with E-state index in [-0.39, 0.29) is 30.3 Å². The van der Waals surface area contributed by atoms with Gasteiger partial charge in [0.05, 0.1) is 18.8 Å². The minimum Gasteiger partial charge on any atom is -0.489 e. The number of benzene rings is 2. The van der Waals surface area contributed by atoms with Gasteiger partial charge in [0.2, 0.25) is 0 Å². The van der Waals surface area contributed by atoms with Crippen molar-refractivity contribution < 1.29 is 24.5 Å². The fourth-order valence-electron chi connectivity index (χ4n) is 4.87. The highest BCUT2D eigenvalue weighted by molar-refractivity contribution is 5.79. The third kappa shape index (κ3) is 5.08. The summed E-state index contributed by atoms with van der Waals surface area (Å²) in [5, 5.41) is 23.4. The van der Waals surface area contributed by atoms with Crippen molar-refractivity contribution in [3.05, 3.63) is 64.2 Å². The summed E-state index contributed by atoms with van der Waals surface area (Å²) in [4.78, 5) is 11.4. The zero-order valence-corrected chi connectivity index (χ0v) is 20.1. The molecule has 4 rings (SSSR count). The molecule has 1 heterocycles. The van der Waals surface area contributed by atoms with Crippen molar-refractivity contribution in [3.63, 3.8) is 0 Å². The van der Waals surface area contributed by atoms with Gasteiger partial charge in [-0.05, 0) is 69.4 Å². The van der Waals surface area contributed by atoms with Crippen LogP contribution in [0, 0.1) is 19.8 Å². The van der Waals surface area contributed by atoms with E-state index in [1.165, 1.54) is 16.7 Å². The lowest BCUT2D eigenvalue weighted by Gasteiger charge is -2.28. The quantitative estimate of drug-likeness (QED) is 0.506. The molecule has 1 fully saturated rings. The number of fused-ring (bicyclic) bond motifs is 3. The second kappa shape index (κ2) is 9.09. The molecule has 0 aromatic heterocycles. The molecule has 0 saturated heterocycles. The first-order valence-electron chi connectivity index (χ1n) is 11.7. The standard InChI is InChI=1S/C27H35NO5/c1-15-9-10-18(11-16(15)2)12-27(4,5)28-13-19(29)14-32-17(3)20-7-6-8-21-22(20)23-24(26(30)31)25(23)33-21/h6-11,17,19,23-25,28-29H,12-14H2,1-5H3,(H,30,31)/t17-,19-,23+,24+,25+/m1/s1. The topological polar surface area (TPSA) is 88.0 Å². The van der Waals surface area contributed by atoms with Gasteiger partial charge in [0.15, 0.2) is 0 Å². The van der Waals surface area contributed by atoms with E-state index in [0.29, 0.717) is 6.54 Å². The largest absolute Gasteiger partial charge is 0.489 e. The normalized spacial score (nSPS) is 22.8. The van der Waals surface area contributed by atoms with Crippen LogP contribution in [0.25, 0.3) is 0 Å². The van der Waals surface area contributed by atoms with Crippen molar-refractivity contribution in [2.45, 2.75) is 70.8 Å². The molecule has 2 aromatic carbocycles. The van der Waals surface area contributed by atoms with E-state index in [4.69, 9.17) is 9.47 Å². The van der Waals surface area contributed by atoms with Crippen LogP contribution in [0.1, 0.15) is 60.6 Å². The number of carbonyl (C=O) groups is 1. The Morgan fingerprint density at radius 3 is 2.67 bits per heavy atom. The Morgan fingerprint density at radius 1 is 1.21 bits per heavy atom. The van der Waals surface area contributed by atoms with Crippen LogP contribution in [0.2, 0.25) is 0 Å². The lowest BCUT2D eigenvalue weighted by molar-refractivity contribution is -0.139. The molecule has 1 aliphatic carbocycles. The van der Waals surface area contributed by atoms with Gasteiger partial charge in [-0.25, -0.2) is 0 Å². The van der Waals surface area contributed by atoms with Crippen LogP contribution in [-0.2, 0) is 16.0 Å². The van der Waals surface area contributed by atoms with Gasteiger partial charge in [0.1, 0.15) is 17.8 Å². The highest BCUT2D eigenvalue weighted by atomic mass is 16.5. The number of hydrogen-bond donors (Lipinski definition) is 3. The summed E-state index contributed by atoms with van der Waals surface area (Å²) in [5.41, 5.74) is 5.57. The second-order valence-electron chi connectivity index (χ2n) is 10.2. The smallest absolute Gasteiger partial charge is 0.311 e. The number of rotatable bonds is 10. The number of nitrogens with one attached hydrogen (secondary N) is 1. The molecule has 6 nitrogen and oxygen atoms in total. The average molecular weight is 454 g/mol. The number of aryl methyl sites for hydroxylation is 2. The van der Waals surface area contributed by atoms with Gasteiger partial charge in [0, 0.05) is 23.6 Å². The van der Waals surface area contributed by atoms with Gasteiger partial charge in [-0.2, -0.15) is 0 Å². The van der Waals surface area contributed by atoms with Gasteiger partial charge in [-0.3, -0.25) is 4.79 Å². The monoisotopic (exact) mass is 453 g/mol. The lowest BCUT2D eigenvalue weighted by Crippen LogP contribution is -2.46. The predicted octanol–water partition coefficient (Wildman–Crippen LogP) is 3.91. The molecule has 0 amide bonds. The Hall–Kier alpha value is -2.41. The highest BCUT2D eigenvalue weighted by Gasteiger charge is 2.63. The van der Waals surface area contributed by atoms with Gasteiger partial charge in [0.25, 0.3) is 0 Å². The molecule has 6 heteroatoms. The molecule has 0 bridgehead atoms. The minimum absolute atomic E-state index is 0.0995. The molecule has 3 N–H and O–H groups in total. The zero-order valence-electron chi connectivity index (χ0n) is 20.1. The van der Waals surface area contributed by atoms with E-state index in [2.05, 4.69) is 51.2 Å². The highest BCUT2D eigenvalue weighted by Crippen LogP contribution is 2.60. The Kier molecular flexibility index (Phi) is 6.54. The second-order valence-corrected chi connectivity index (χ2v) is 10.2. The molecule has 2 aromatic rings. The number of carboxylic acid groups (broad SMARTS) is 1. The summed E-state index contributed by atoms with van der Waals surface area (Å²) in [6, 6.07) is 12.3. The lowest BCUT2D eigenvalue weighted by atomic mass is 9.93. The van der Waals surface area contributed by atoms with Crippen LogP contribution < -0.4 is 10.1 Å². The maximum Gasteiger partial charge on any atom is 0.311 e. The zero-order chi connectivity index (χ0) is 23.9. The van der Waals surface area contributed by atoms with E-state index in [9.17, 15) is 15.0 Å². The molecular weight excluding hydrogens is 418 g/mol. The minimum atomic E-state index is -0.816. The predicted molar refractivity (Wildman–Crippen MR) is 127 cm³/mol. The molecule has 1 saturated carbocycles. The van der Waals surface area contributed by atoms with Gasteiger partial charge in [-0.1, -0.05) is 30.3 Å². The van der Waals surface area contributed by atoms with Crippen molar-refractivity contribution in [1.82, 2.24) is 5.32 Å². The first kappa shape index (κ1) is 23.7. The van der Waals surface area contributed by atoms with Crippen LogP contribution in [0.4, 0.5) is 0 Å². The number of hydrogen-bond acceptors (Lipinski definition) is 5. The van der Waals surface area contributed by atoms with E-state index in [0.717, 1.165) is 23.3 Å². The Balaban J connectivity index is 1.29. The van der Waals surface area contributed by atoms with Crippen molar-refractivity contribution in [2.24, 2.45) is 5.92 Å². The van der Waals surface area contributed by atoms with Crippen molar-refractivity contribution >= 4 is 5.97 Å². The SMILES string of the molecule is Cc1ccc(CC(C)(C)NC[C@@H](O)CO[C@H](C)c2cccc3c2[C@@H]2[C@H](O3)[C@H]2C(=O)O)cc1C. The van der Waals surface area contributed by atoms with E-state index in [1.807, 2.05) is 25.1 Å². The van der Waals surface area contributed by atoms with Crippen LogP contribution >= 0.6 is 0 Å². The summed E-state index contributed by atoms with van der Waals surface area (Å²) >= 11 is 0. The molecule has 0 unspecified atom stereocenters. The van der Waals surface area contributed by atoms with E-state index >= 15 is 0 Å². The van der Waals surface area contributed by atoms with Crippen LogP contribution in [0.3, 0.4) is 0 Å². The summed E-state index contributed by atoms with van der Waals surface area (Å²) < 4.78 is 11.8. The number of aliphatic carboxylic acids is 1. The Bertz CT molecular complexity index is 1030. The third-order valence-electron chi connectivity index (χ3n) is 6.95. The molecule has 178 valence electrons. The maximum atomic E-state index is 11.4. The molecule has 0 spiro atoms. The maximum absolute atomic E-state index is 11.4. The number of ether oxygens (including phenoxy) is 2. The molecule has 5 atom stereocenters. The van der Waals surface area contributed by atoms with Crippen molar-refractivity contribution in [1.29, 1.82) is 0 Å². The van der Waals surface area contributed by atoms with Crippen LogP contribution in [0.5, 0.6) is 5.75 Å². The molecule has 2 aliphatic rings. The number of aliphatic hydroxyl groups excluding tert-OH is 1. The number of β-amino-alcohol motifs (C(OH)–C–C–N with tert-alkyl or cyclic N) is 1. The average Bonchev–Trinajstić information content (AvgIpc) is 3.34.